The number of carbonyl (C=O) groups excluding carboxylic acids is 2. The molecule has 0 saturated carbocycles. The fourth-order valence-electron chi connectivity index (χ4n) is 2.27. The van der Waals surface area contributed by atoms with Gasteiger partial charge in [0.2, 0.25) is 0 Å². The largest absolute Gasteiger partial charge is 0.484 e. The number of amides is 2. The Morgan fingerprint density at radius 2 is 1.62 bits per heavy atom. The summed E-state index contributed by atoms with van der Waals surface area (Å²) in [7, 11) is 0. The number of anilines is 1. The van der Waals surface area contributed by atoms with Crippen molar-refractivity contribution in [3.05, 3.63) is 59.2 Å². The first kappa shape index (κ1) is 19.5. The van der Waals surface area contributed by atoms with Gasteiger partial charge in [-0.3, -0.25) is 9.59 Å². The molecule has 138 valence electrons. The van der Waals surface area contributed by atoms with E-state index in [0.717, 1.165) is 5.56 Å². The predicted octanol–water partition coefficient (Wildman–Crippen LogP) is 3.85. The zero-order chi connectivity index (χ0) is 19.3. The minimum atomic E-state index is -0.296. The number of aryl methyl sites for hydroxylation is 2. The molecule has 26 heavy (non-hydrogen) atoms. The maximum atomic E-state index is 12.1. The van der Waals surface area contributed by atoms with Gasteiger partial charge in [-0.25, -0.2) is 0 Å². The minimum absolute atomic E-state index is 0.0746. The summed E-state index contributed by atoms with van der Waals surface area (Å²) in [6, 6.07) is 12.5. The summed E-state index contributed by atoms with van der Waals surface area (Å²) in [5.41, 5.74) is 3.16. The lowest BCUT2D eigenvalue weighted by molar-refractivity contribution is -0.118. The molecule has 2 aromatic rings. The van der Waals surface area contributed by atoms with E-state index in [1.165, 1.54) is 5.56 Å². The molecule has 0 heterocycles. The van der Waals surface area contributed by atoms with Gasteiger partial charge in [-0.2, -0.15) is 0 Å². The molecule has 0 fully saturated rings. The van der Waals surface area contributed by atoms with Crippen LogP contribution in [0.5, 0.6) is 5.75 Å². The lowest BCUT2D eigenvalue weighted by atomic mass is 10.1. The summed E-state index contributed by atoms with van der Waals surface area (Å²) in [4.78, 5) is 24.1. The van der Waals surface area contributed by atoms with Crippen LogP contribution in [0.1, 0.15) is 42.3 Å². The maximum absolute atomic E-state index is 12.1. The Labute approximate surface area is 154 Å². The van der Waals surface area contributed by atoms with Crippen LogP contribution in [0.3, 0.4) is 0 Å². The van der Waals surface area contributed by atoms with Gasteiger partial charge in [0.1, 0.15) is 5.75 Å². The number of hydrogen-bond acceptors (Lipinski definition) is 3. The van der Waals surface area contributed by atoms with Crippen molar-refractivity contribution in [2.45, 2.75) is 40.2 Å². The third-order valence-corrected chi connectivity index (χ3v) is 3.77. The molecule has 0 radical (unpaired) electrons. The molecular formula is C21H26N2O3. The molecule has 2 rings (SSSR count). The van der Waals surface area contributed by atoms with Gasteiger partial charge in [0.15, 0.2) is 6.61 Å². The number of hydrogen-bond donors (Lipinski definition) is 2. The molecule has 0 spiro atoms. The molecule has 2 amide bonds. The van der Waals surface area contributed by atoms with Crippen molar-refractivity contribution in [3.63, 3.8) is 0 Å². The SMILES string of the molecule is Cc1ccc(OCC(=O)Nc2ccc(C(=O)NC(C)(C)C)cc2)cc1C. The summed E-state index contributed by atoms with van der Waals surface area (Å²) < 4.78 is 5.52. The number of ether oxygens (including phenoxy) is 1. The Hall–Kier alpha value is -2.82. The van der Waals surface area contributed by atoms with Crippen molar-refractivity contribution >= 4 is 17.5 Å². The van der Waals surface area contributed by atoms with E-state index in [4.69, 9.17) is 4.74 Å². The maximum Gasteiger partial charge on any atom is 0.262 e. The van der Waals surface area contributed by atoms with E-state index in [0.29, 0.717) is 17.0 Å². The fraction of sp³-hybridized carbons (Fsp3) is 0.333. The summed E-state index contributed by atoms with van der Waals surface area (Å²) in [5, 5.41) is 5.65. The van der Waals surface area contributed by atoms with Crippen molar-refractivity contribution in [3.8, 4) is 5.75 Å². The van der Waals surface area contributed by atoms with Gasteiger partial charge in [-0.05, 0) is 82.1 Å². The highest BCUT2D eigenvalue weighted by atomic mass is 16.5. The molecule has 2 N–H and O–H groups in total. The van der Waals surface area contributed by atoms with Crippen LogP contribution in [0.15, 0.2) is 42.5 Å². The second-order valence-corrected chi connectivity index (χ2v) is 7.36. The van der Waals surface area contributed by atoms with Crippen molar-refractivity contribution in [1.29, 1.82) is 0 Å². The van der Waals surface area contributed by atoms with Crippen LogP contribution in [0.25, 0.3) is 0 Å². The van der Waals surface area contributed by atoms with Gasteiger partial charge >= 0.3 is 0 Å². The molecule has 0 aliphatic rings. The first-order chi connectivity index (χ1) is 12.1. The molecule has 0 atom stereocenters. The van der Waals surface area contributed by atoms with Crippen LogP contribution in [-0.4, -0.2) is 24.0 Å². The van der Waals surface area contributed by atoms with Crippen LogP contribution < -0.4 is 15.4 Å². The van der Waals surface area contributed by atoms with E-state index in [1.54, 1.807) is 24.3 Å². The fourth-order valence-corrected chi connectivity index (χ4v) is 2.27. The molecule has 0 saturated heterocycles. The summed E-state index contributed by atoms with van der Waals surface area (Å²) >= 11 is 0. The average Bonchev–Trinajstić information content (AvgIpc) is 2.55. The normalized spacial score (nSPS) is 11.0. The predicted molar refractivity (Wildman–Crippen MR) is 104 cm³/mol. The lowest BCUT2D eigenvalue weighted by Crippen LogP contribution is -2.40. The molecule has 0 aliphatic heterocycles. The van der Waals surface area contributed by atoms with E-state index in [1.807, 2.05) is 52.8 Å². The van der Waals surface area contributed by atoms with Crippen LogP contribution in [0.4, 0.5) is 5.69 Å². The first-order valence-electron chi connectivity index (χ1n) is 8.56. The van der Waals surface area contributed by atoms with Crippen LogP contribution in [0.2, 0.25) is 0 Å². The second-order valence-electron chi connectivity index (χ2n) is 7.36. The molecular weight excluding hydrogens is 328 g/mol. The highest BCUT2D eigenvalue weighted by molar-refractivity contribution is 5.96. The van der Waals surface area contributed by atoms with Gasteiger partial charge < -0.3 is 15.4 Å². The topological polar surface area (TPSA) is 67.4 Å². The highest BCUT2D eigenvalue weighted by Crippen LogP contribution is 2.16. The van der Waals surface area contributed by atoms with E-state index >= 15 is 0 Å². The third-order valence-electron chi connectivity index (χ3n) is 3.77. The van der Waals surface area contributed by atoms with E-state index in [-0.39, 0.29) is 24.0 Å². The number of carbonyl (C=O) groups is 2. The highest BCUT2D eigenvalue weighted by Gasteiger charge is 2.15. The van der Waals surface area contributed by atoms with E-state index in [9.17, 15) is 9.59 Å². The summed E-state index contributed by atoms with van der Waals surface area (Å²) in [5.74, 6) is 0.265. The molecule has 2 aromatic carbocycles. The Morgan fingerprint density at radius 3 is 2.19 bits per heavy atom. The summed E-state index contributed by atoms with van der Waals surface area (Å²) in [6.45, 7) is 9.73. The number of benzene rings is 2. The Balaban J connectivity index is 1.88. The van der Waals surface area contributed by atoms with Gasteiger partial charge in [0.05, 0.1) is 0 Å². The zero-order valence-electron chi connectivity index (χ0n) is 16.0. The van der Waals surface area contributed by atoms with Crippen LogP contribution in [-0.2, 0) is 4.79 Å². The van der Waals surface area contributed by atoms with Gasteiger partial charge in [0.25, 0.3) is 11.8 Å². The van der Waals surface area contributed by atoms with Crippen molar-refractivity contribution in [1.82, 2.24) is 5.32 Å². The Morgan fingerprint density at radius 1 is 0.962 bits per heavy atom. The molecule has 0 bridgehead atoms. The third kappa shape index (κ3) is 5.92. The number of rotatable bonds is 5. The molecule has 5 heteroatoms. The van der Waals surface area contributed by atoms with Crippen molar-refractivity contribution in [2.24, 2.45) is 0 Å². The van der Waals surface area contributed by atoms with Gasteiger partial charge in [-0.1, -0.05) is 6.07 Å². The van der Waals surface area contributed by atoms with Crippen LogP contribution in [0, 0.1) is 13.8 Å². The average molecular weight is 354 g/mol. The molecule has 0 aliphatic carbocycles. The van der Waals surface area contributed by atoms with E-state index < -0.39 is 0 Å². The van der Waals surface area contributed by atoms with E-state index in [2.05, 4.69) is 10.6 Å². The molecule has 0 unspecified atom stereocenters. The van der Waals surface area contributed by atoms with Crippen LogP contribution >= 0.6 is 0 Å². The Kier molecular flexibility index (Phi) is 6.03. The zero-order valence-corrected chi connectivity index (χ0v) is 16.0. The quantitative estimate of drug-likeness (QED) is 0.857. The minimum Gasteiger partial charge on any atom is -0.484 e. The first-order valence-corrected chi connectivity index (χ1v) is 8.56. The monoisotopic (exact) mass is 354 g/mol. The molecule has 5 nitrogen and oxygen atoms in total. The Bertz CT molecular complexity index is 790. The summed E-state index contributed by atoms with van der Waals surface area (Å²) in [6.07, 6.45) is 0. The van der Waals surface area contributed by atoms with Gasteiger partial charge in [0, 0.05) is 16.8 Å². The second kappa shape index (κ2) is 8.04. The van der Waals surface area contributed by atoms with Crippen molar-refractivity contribution < 1.29 is 14.3 Å². The van der Waals surface area contributed by atoms with Gasteiger partial charge in [-0.15, -0.1) is 0 Å². The standard InChI is InChI=1S/C21H26N2O3/c1-14-6-11-18(12-15(14)2)26-13-19(24)22-17-9-7-16(8-10-17)20(25)23-21(3,4)5/h6-12H,13H2,1-5H3,(H,22,24)(H,23,25). The molecule has 0 aromatic heterocycles. The van der Waals surface area contributed by atoms with Crippen molar-refractivity contribution in [2.75, 3.05) is 11.9 Å². The smallest absolute Gasteiger partial charge is 0.262 e. The number of nitrogens with one attached hydrogen (secondary N) is 2. The lowest BCUT2D eigenvalue weighted by Gasteiger charge is -2.20.